The molecule has 8 heteroatoms. The van der Waals surface area contributed by atoms with Crippen molar-refractivity contribution < 1.29 is 9.59 Å². The Morgan fingerprint density at radius 3 is 2.77 bits per heavy atom. The highest BCUT2D eigenvalue weighted by Crippen LogP contribution is 2.25. The number of hydrogen-bond acceptors (Lipinski definition) is 5. The zero-order valence-corrected chi connectivity index (χ0v) is 18.1. The Kier molecular flexibility index (Phi) is 5.97. The first-order chi connectivity index (χ1) is 14.9. The smallest absolute Gasteiger partial charge is 0.273 e. The van der Waals surface area contributed by atoms with Crippen molar-refractivity contribution in [1.29, 1.82) is 0 Å². The minimum absolute atomic E-state index is 0.0482. The van der Waals surface area contributed by atoms with Gasteiger partial charge in [-0.3, -0.25) is 14.6 Å². The summed E-state index contributed by atoms with van der Waals surface area (Å²) in [7, 11) is 0. The minimum atomic E-state index is -0.258. The number of fused-ring (bicyclic) bond motifs is 1. The van der Waals surface area contributed by atoms with E-state index >= 15 is 0 Å². The zero-order valence-electron chi connectivity index (χ0n) is 18.1. The summed E-state index contributed by atoms with van der Waals surface area (Å²) in [5.41, 5.74) is 2.53. The van der Waals surface area contributed by atoms with E-state index in [1.807, 2.05) is 51.1 Å². The molecule has 0 spiro atoms. The Hall–Kier alpha value is -3.29. The molecule has 0 radical (unpaired) electrons. The number of para-hydroxylation sites is 1. The predicted molar refractivity (Wildman–Crippen MR) is 118 cm³/mol. The quantitative estimate of drug-likeness (QED) is 0.661. The second kappa shape index (κ2) is 8.83. The van der Waals surface area contributed by atoms with Crippen LogP contribution in [-0.4, -0.2) is 43.9 Å². The molecule has 4 rings (SSSR count). The number of nitrogens with one attached hydrogen (secondary N) is 2. The molecule has 162 valence electrons. The molecule has 2 aromatic heterocycles. The van der Waals surface area contributed by atoms with Gasteiger partial charge in [0.25, 0.3) is 5.91 Å². The SMILES string of the molecule is Cc1c(C(=O)NC2CCCC(C(=O)NC(C)C)C2)nnn1-c1cccc2cccnc12. The van der Waals surface area contributed by atoms with Crippen molar-refractivity contribution in [2.75, 3.05) is 0 Å². The second-order valence-corrected chi connectivity index (χ2v) is 8.48. The van der Waals surface area contributed by atoms with Gasteiger partial charge >= 0.3 is 0 Å². The molecule has 2 N–H and O–H groups in total. The van der Waals surface area contributed by atoms with E-state index in [2.05, 4.69) is 25.9 Å². The van der Waals surface area contributed by atoms with Gasteiger partial charge in [-0.2, -0.15) is 0 Å². The first kappa shape index (κ1) is 21.0. The van der Waals surface area contributed by atoms with Crippen molar-refractivity contribution in [2.45, 2.75) is 58.5 Å². The maximum Gasteiger partial charge on any atom is 0.273 e. The van der Waals surface area contributed by atoms with E-state index in [0.717, 1.165) is 35.9 Å². The van der Waals surface area contributed by atoms with Crippen LogP contribution in [0, 0.1) is 12.8 Å². The Morgan fingerprint density at radius 2 is 1.97 bits per heavy atom. The van der Waals surface area contributed by atoms with Gasteiger partial charge in [0.15, 0.2) is 5.69 Å². The third kappa shape index (κ3) is 4.42. The third-order valence-electron chi connectivity index (χ3n) is 5.76. The number of hydrogen-bond donors (Lipinski definition) is 2. The second-order valence-electron chi connectivity index (χ2n) is 8.48. The van der Waals surface area contributed by atoms with Gasteiger partial charge in [0.2, 0.25) is 5.91 Å². The van der Waals surface area contributed by atoms with Crippen molar-refractivity contribution in [2.24, 2.45) is 5.92 Å². The van der Waals surface area contributed by atoms with Crippen LogP contribution in [0.2, 0.25) is 0 Å². The van der Waals surface area contributed by atoms with E-state index in [4.69, 9.17) is 0 Å². The standard InChI is InChI=1S/C23H28N6O2/c1-14(2)25-22(30)17-8-4-10-18(13-17)26-23(31)20-15(3)29(28-27-20)19-11-5-7-16-9-6-12-24-21(16)19/h5-7,9,11-12,14,17-18H,4,8,10,13H2,1-3H3,(H,25,30)(H,26,31). The van der Waals surface area contributed by atoms with Gasteiger partial charge < -0.3 is 10.6 Å². The van der Waals surface area contributed by atoms with E-state index in [-0.39, 0.29) is 29.8 Å². The summed E-state index contributed by atoms with van der Waals surface area (Å²) in [5, 5.41) is 15.4. The van der Waals surface area contributed by atoms with Crippen LogP contribution in [-0.2, 0) is 4.79 Å². The molecule has 0 bridgehead atoms. The van der Waals surface area contributed by atoms with E-state index in [1.165, 1.54) is 0 Å². The number of rotatable bonds is 5. The van der Waals surface area contributed by atoms with Crippen molar-refractivity contribution in [3.63, 3.8) is 0 Å². The van der Waals surface area contributed by atoms with Crippen LogP contribution >= 0.6 is 0 Å². The molecule has 1 saturated carbocycles. The fourth-order valence-corrected chi connectivity index (χ4v) is 4.24. The average molecular weight is 421 g/mol. The molecule has 31 heavy (non-hydrogen) atoms. The summed E-state index contributed by atoms with van der Waals surface area (Å²) < 4.78 is 1.66. The summed E-state index contributed by atoms with van der Waals surface area (Å²) in [4.78, 5) is 29.8. The number of carbonyl (C=O) groups excluding carboxylic acids is 2. The van der Waals surface area contributed by atoms with Crippen LogP contribution in [0.15, 0.2) is 36.5 Å². The molecule has 3 aromatic rings. The number of carbonyl (C=O) groups is 2. The lowest BCUT2D eigenvalue weighted by Crippen LogP contribution is -2.44. The molecule has 2 atom stereocenters. The first-order valence-corrected chi connectivity index (χ1v) is 10.8. The number of pyridine rings is 1. The molecule has 1 aliphatic carbocycles. The van der Waals surface area contributed by atoms with Crippen molar-refractivity contribution in [3.8, 4) is 5.69 Å². The number of amides is 2. The van der Waals surface area contributed by atoms with Crippen molar-refractivity contribution in [3.05, 3.63) is 47.9 Å². The van der Waals surface area contributed by atoms with E-state index in [9.17, 15) is 9.59 Å². The minimum Gasteiger partial charge on any atom is -0.354 e. The van der Waals surface area contributed by atoms with Crippen LogP contribution in [0.5, 0.6) is 0 Å². The summed E-state index contributed by atoms with van der Waals surface area (Å²) >= 11 is 0. The lowest BCUT2D eigenvalue weighted by atomic mass is 9.85. The molecule has 0 saturated heterocycles. The molecule has 1 aliphatic rings. The van der Waals surface area contributed by atoms with Crippen LogP contribution in [0.4, 0.5) is 0 Å². The molecular formula is C23H28N6O2. The molecule has 0 aliphatic heterocycles. The highest BCUT2D eigenvalue weighted by molar-refractivity contribution is 5.94. The highest BCUT2D eigenvalue weighted by atomic mass is 16.2. The van der Waals surface area contributed by atoms with Gasteiger partial charge in [-0.25, -0.2) is 4.68 Å². The van der Waals surface area contributed by atoms with Gasteiger partial charge in [0.1, 0.15) is 0 Å². The molecule has 1 fully saturated rings. The third-order valence-corrected chi connectivity index (χ3v) is 5.76. The van der Waals surface area contributed by atoms with Gasteiger partial charge in [0, 0.05) is 29.6 Å². The number of aromatic nitrogens is 4. The average Bonchev–Trinajstić information content (AvgIpc) is 3.14. The summed E-state index contributed by atoms with van der Waals surface area (Å²) in [5.74, 6) is -0.258. The fraction of sp³-hybridized carbons (Fsp3) is 0.435. The lowest BCUT2D eigenvalue weighted by molar-refractivity contribution is -0.126. The van der Waals surface area contributed by atoms with Crippen molar-refractivity contribution >= 4 is 22.7 Å². The molecule has 2 heterocycles. The van der Waals surface area contributed by atoms with Gasteiger partial charge in [-0.1, -0.05) is 29.8 Å². The van der Waals surface area contributed by atoms with E-state index < -0.39 is 0 Å². The monoisotopic (exact) mass is 420 g/mol. The molecule has 8 nitrogen and oxygen atoms in total. The topological polar surface area (TPSA) is 102 Å². The van der Waals surface area contributed by atoms with E-state index in [1.54, 1.807) is 10.9 Å². The zero-order chi connectivity index (χ0) is 22.0. The summed E-state index contributed by atoms with van der Waals surface area (Å²) in [6.45, 7) is 5.74. The highest BCUT2D eigenvalue weighted by Gasteiger charge is 2.29. The Bertz CT molecular complexity index is 1100. The molecule has 2 amide bonds. The van der Waals surface area contributed by atoms with Crippen LogP contribution in [0.3, 0.4) is 0 Å². The van der Waals surface area contributed by atoms with E-state index in [0.29, 0.717) is 17.8 Å². The van der Waals surface area contributed by atoms with Crippen LogP contribution < -0.4 is 10.6 Å². The Balaban J connectivity index is 1.50. The normalized spacial score (nSPS) is 18.8. The van der Waals surface area contributed by atoms with Crippen molar-refractivity contribution in [1.82, 2.24) is 30.6 Å². The van der Waals surface area contributed by atoms with Crippen LogP contribution in [0.1, 0.15) is 55.7 Å². The number of benzene rings is 1. The van der Waals surface area contributed by atoms with Gasteiger partial charge in [0.05, 0.1) is 16.9 Å². The predicted octanol–water partition coefficient (Wildman–Crippen LogP) is 2.94. The summed E-state index contributed by atoms with van der Waals surface area (Å²) in [6, 6.07) is 9.78. The number of nitrogens with zero attached hydrogens (tertiary/aromatic N) is 4. The van der Waals surface area contributed by atoms with Gasteiger partial charge in [-0.15, -0.1) is 5.10 Å². The fourth-order valence-electron chi connectivity index (χ4n) is 4.24. The van der Waals surface area contributed by atoms with Crippen LogP contribution in [0.25, 0.3) is 16.6 Å². The maximum atomic E-state index is 13.0. The molecule has 2 unspecified atom stereocenters. The Morgan fingerprint density at radius 1 is 1.16 bits per heavy atom. The Labute approximate surface area is 181 Å². The molecular weight excluding hydrogens is 392 g/mol. The molecule has 1 aromatic carbocycles. The lowest BCUT2D eigenvalue weighted by Gasteiger charge is -2.29. The largest absolute Gasteiger partial charge is 0.354 e. The summed E-state index contributed by atoms with van der Waals surface area (Å²) in [6.07, 6.45) is 5.01. The first-order valence-electron chi connectivity index (χ1n) is 10.8. The maximum absolute atomic E-state index is 13.0. The van der Waals surface area contributed by atoms with Gasteiger partial charge in [-0.05, 0) is 52.2 Å².